The summed E-state index contributed by atoms with van der Waals surface area (Å²) in [6, 6.07) is 2.94. The Kier molecular flexibility index (Phi) is 3.80. The number of imidazole rings is 1. The highest BCUT2D eigenvalue weighted by Gasteiger charge is 2.17. The summed E-state index contributed by atoms with van der Waals surface area (Å²) in [6.45, 7) is 0.936. The largest absolute Gasteiger partial charge is 0.447 e. The van der Waals surface area contributed by atoms with E-state index < -0.39 is 10.0 Å². The lowest BCUT2D eigenvalue weighted by Crippen LogP contribution is -2.26. The predicted octanol–water partition coefficient (Wildman–Crippen LogP) is -0.0867. The van der Waals surface area contributed by atoms with Crippen molar-refractivity contribution < 1.29 is 12.8 Å². The monoisotopic (exact) mass is 270 g/mol. The molecule has 0 fully saturated rings. The highest BCUT2D eigenvalue weighted by atomic mass is 32.2. The van der Waals surface area contributed by atoms with Crippen molar-refractivity contribution in [3.05, 3.63) is 36.6 Å². The number of aromatic nitrogens is 2. The fourth-order valence-electron chi connectivity index (χ4n) is 1.41. The number of nitrogens with one attached hydrogen (secondary N) is 1. The molecule has 0 saturated heterocycles. The van der Waals surface area contributed by atoms with Crippen LogP contribution in [0.25, 0.3) is 0 Å². The van der Waals surface area contributed by atoms with Crippen LogP contribution in [-0.2, 0) is 23.1 Å². The summed E-state index contributed by atoms with van der Waals surface area (Å²) < 4.78 is 32.9. The van der Waals surface area contributed by atoms with Crippen LogP contribution in [0.2, 0.25) is 0 Å². The highest BCUT2D eigenvalue weighted by molar-refractivity contribution is 7.89. The Hall–Kier alpha value is -1.64. The van der Waals surface area contributed by atoms with Gasteiger partial charge in [0.15, 0.2) is 0 Å². The zero-order chi connectivity index (χ0) is 13.0. The van der Waals surface area contributed by atoms with Crippen molar-refractivity contribution in [3.63, 3.8) is 0 Å². The fourth-order valence-corrected chi connectivity index (χ4v) is 2.38. The Bertz CT molecular complexity index is 588. The zero-order valence-electron chi connectivity index (χ0n) is 9.61. The van der Waals surface area contributed by atoms with Crippen LogP contribution in [0.5, 0.6) is 0 Å². The lowest BCUT2D eigenvalue weighted by Gasteiger charge is -2.04. The van der Waals surface area contributed by atoms with E-state index >= 15 is 0 Å². The maximum absolute atomic E-state index is 11.8. The molecule has 0 spiro atoms. The third-order valence-electron chi connectivity index (χ3n) is 2.32. The molecule has 2 heterocycles. The van der Waals surface area contributed by atoms with Gasteiger partial charge in [0.25, 0.3) is 10.0 Å². The van der Waals surface area contributed by atoms with Crippen molar-refractivity contribution in [3.8, 4) is 0 Å². The molecule has 0 aliphatic carbocycles. The number of nitrogens with zero attached hydrogens (tertiary/aromatic N) is 2. The molecule has 0 radical (unpaired) electrons. The van der Waals surface area contributed by atoms with Gasteiger partial charge in [0, 0.05) is 25.5 Å². The maximum atomic E-state index is 11.8. The van der Waals surface area contributed by atoms with Gasteiger partial charge in [-0.2, -0.15) is 0 Å². The summed E-state index contributed by atoms with van der Waals surface area (Å²) in [6.07, 6.45) is 5.01. The summed E-state index contributed by atoms with van der Waals surface area (Å²) in [7, 11) is -3.61. The van der Waals surface area contributed by atoms with Crippen LogP contribution in [0.4, 0.5) is 0 Å². The first-order valence-corrected chi connectivity index (χ1v) is 6.84. The Morgan fingerprint density at radius 1 is 1.44 bits per heavy atom. The second kappa shape index (κ2) is 5.34. The average molecular weight is 270 g/mol. The molecular formula is C10H14N4O3S. The molecule has 0 aliphatic heterocycles. The smallest absolute Gasteiger partial charge is 0.274 e. The molecule has 2 aromatic rings. The third-order valence-corrected chi connectivity index (χ3v) is 3.66. The van der Waals surface area contributed by atoms with E-state index in [4.69, 9.17) is 10.2 Å². The van der Waals surface area contributed by atoms with E-state index in [0.717, 1.165) is 0 Å². The van der Waals surface area contributed by atoms with Crippen LogP contribution < -0.4 is 10.5 Å². The van der Waals surface area contributed by atoms with Gasteiger partial charge in [0.05, 0.1) is 12.9 Å². The second-order valence-corrected chi connectivity index (χ2v) is 5.32. The first kappa shape index (κ1) is 12.8. The Labute approximate surface area is 105 Å². The van der Waals surface area contributed by atoms with Gasteiger partial charge in [0.2, 0.25) is 5.09 Å². The van der Waals surface area contributed by atoms with Gasteiger partial charge in [-0.15, -0.1) is 0 Å². The lowest BCUT2D eigenvalue weighted by atomic mass is 10.5. The average Bonchev–Trinajstić information content (AvgIpc) is 2.99. The standard InChI is InChI=1S/C10H14N4O3S/c11-7-9-1-2-10(17-9)18(15,16)13-4-6-14-5-3-12-8-14/h1-3,5,8,13H,4,6-7,11H2. The van der Waals surface area contributed by atoms with Crippen molar-refractivity contribution in [1.29, 1.82) is 0 Å². The van der Waals surface area contributed by atoms with E-state index in [1.165, 1.54) is 6.07 Å². The normalized spacial score (nSPS) is 11.8. The van der Waals surface area contributed by atoms with E-state index in [-0.39, 0.29) is 18.2 Å². The van der Waals surface area contributed by atoms with E-state index in [1.807, 2.05) is 0 Å². The van der Waals surface area contributed by atoms with E-state index in [0.29, 0.717) is 12.3 Å². The van der Waals surface area contributed by atoms with Crippen molar-refractivity contribution in [2.75, 3.05) is 6.54 Å². The van der Waals surface area contributed by atoms with Crippen molar-refractivity contribution in [2.45, 2.75) is 18.2 Å². The molecular weight excluding hydrogens is 256 g/mol. The number of hydrogen-bond acceptors (Lipinski definition) is 5. The summed E-state index contributed by atoms with van der Waals surface area (Å²) in [5.74, 6) is 0.435. The van der Waals surface area contributed by atoms with Gasteiger partial charge in [-0.1, -0.05) is 0 Å². The summed E-state index contributed by atoms with van der Waals surface area (Å²) >= 11 is 0. The predicted molar refractivity (Wildman–Crippen MR) is 64.0 cm³/mol. The molecule has 2 rings (SSSR count). The molecule has 0 amide bonds. The van der Waals surface area contributed by atoms with Crippen LogP contribution in [0.3, 0.4) is 0 Å². The number of rotatable bonds is 6. The molecule has 98 valence electrons. The quantitative estimate of drug-likeness (QED) is 0.763. The second-order valence-electron chi connectivity index (χ2n) is 3.62. The molecule has 0 aliphatic rings. The van der Waals surface area contributed by atoms with Gasteiger partial charge in [0.1, 0.15) is 5.76 Å². The van der Waals surface area contributed by atoms with E-state index in [2.05, 4.69) is 9.71 Å². The van der Waals surface area contributed by atoms with Crippen LogP contribution >= 0.6 is 0 Å². The Morgan fingerprint density at radius 3 is 2.89 bits per heavy atom. The molecule has 0 atom stereocenters. The van der Waals surface area contributed by atoms with Crippen molar-refractivity contribution in [2.24, 2.45) is 5.73 Å². The van der Waals surface area contributed by atoms with Gasteiger partial charge in [-0.05, 0) is 12.1 Å². The first-order chi connectivity index (χ1) is 8.62. The van der Waals surface area contributed by atoms with Gasteiger partial charge >= 0.3 is 0 Å². The Balaban J connectivity index is 1.95. The maximum Gasteiger partial charge on any atom is 0.274 e. The summed E-state index contributed by atoms with van der Waals surface area (Å²) in [5, 5.41) is -0.117. The molecule has 8 heteroatoms. The Morgan fingerprint density at radius 2 is 2.28 bits per heavy atom. The summed E-state index contributed by atoms with van der Waals surface area (Å²) in [5.41, 5.74) is 5.35. The number of furan rings is 1. The zero-order valence-corrected chi connectivity index (χ0v) is 10.4. The minimum Gasteiger partial charge on any atom is -0.447 e. The molecule has 0 saturated carbocycles. The first-order valence-electron chi connectivity index (χ1n) is 5.36. The summed E-state index contributed by atoms with van der Waals surface area (Å²) in [4.78, 5) is 3.86. The van der Waals surface area contributed by atoms with Crippen molar-refractivity contribution >= 4 is 10.0 Å². The minimum absolute atomic E-state index is 0.117. The van der Waals surface area contributed by atoms with Gasteiger partial charge < -0.3 is 14.7 Å². The minimum atomic E-state index is -3.61. The van der Waals surface area contributed by atoms with E-state index in [9.17, 15) is 8.42 Å². The topological polar surface area (TPSA) is 103 Å². The number of sulfonamides is 1. The van der Waals surface area contributed by atoms with Crippen LogP contribution in [0, 0.1) is 0 Å². The highest BCUT2D eigenvalue weighted by Crippen LogP contribution is 2.12. The van der Waals surface area contributed by atoms with Crippen LogP contribution in [-0.4, -0.2) is 24.5 Å². The number of hydrogen-bond donors (Lipinski definition) is 2. The molecule has 7 nitrogen and oxygen atoms in total. The van der Waals surface area contributed by atoms with Crippen LogP contribution in [0.1, 0.15) is 5.76 Å². The lowest BCUT2D eigenvalue weighted by molar-refractivity contribution is 0.412. The van der Waals surface area contributed by atoms with Crippen LogP contribution in [0.15, 0.2) is 40.4 Å². The van der Waals surface area contributed by atoms with Gasteiger partial charge in [-0.3, -0.25) is 0 Å². The van der Waals surface area contributed by atoms with Crippen molar-refractivity contribution in [1.82, 2.24) is 14.3 Å². The molecule has 18 heavy (non-hydrogen) atoms. The van der Waals surface area contributed by atoms with E-state index in [1.54, 1.807) is 29.4 Å². The SMILES string of the molecule is NCc1ccc(S(=O)(=O)NCCn2ccnc2)o1. The fraction of sp³-hybridized carbons (Fsp3) is 0.300. The third kappa shape index (κ3) is 2.97. The number of nitrogens with two attached hydrogens (primary N) is 1. The molecule has 0 bridgehead atoms. The molecule has 2 aromatic heterocycles. The molecule has 3 N–H and O–H groups in total. The molecule has 0 unspecified atom stereocenters. The molecule has 0 aromatic carbocycles. The van der Waals surface area contributed by atoms with Gasteiger partial charge in [-0.25, -0.2) is 18.1 Å².